The molecule has 0 heterocycles. The van der Waals surface area contributed by atoms with E-state index in [1.807, 2.05) is 0 Å². The molecule has 0 aliphatic heterocycles. The zero-order valence-electron chi connectivity index (χ0n) is 9.05. The minimum absolute atomic E-state index is 0.221. The third kappa shape index (κ3) is 3.65. The minimum Gasteiger partial charge on any atom is -0.329 e. The molecule has 2 unspecified atom stereocenters. The second-order valence-corrected chi connectivity index (χ2v) is 5.36. The highest BCUT2D eigenvalue weighted by Crippen LogP contribution is 2.39. The molecule has 0 saturated heterocycles. The SMILES string of the molecule is CC1(C)CCCC(CC(N)CN)C1. The fourth-order valence-corrected chi connectivity index (χ4v) is 2.58. The van der Waals surface area contributed by atoms with Crippen LogP contribution >= 0.6 is 0 Å². The Kier molecular flexibility index (Phi) is 3.74. The van der Waals surface area contributed by atoms with Crippen molar-refractivity contribution in [1.82, 2.24) is 0 Å². The van der Waals surface area contributed by atoms with E-state index in [-0.39, 0.29) is 6.04 Å². The van der Waals surface area contributed by atoms with Crippen LogP contribution in [-0.2, 0) is 0 Å². The van der Waals surface area contributed by atoms with Gasteiger partial charge in [0.1, 0.15) is 0 Å². The van der Waals surface area contributed by atoms with Gasteiger partial charge in [0, 0.05) is 12.6 Å². The summed E-state index contributed by atoms with van der Waals surface area (Å²) in [4.78, 5) is 0. The third-order valence-electron chi connectivity index (χ3n) is 3.25. The lowest BCUT2D eigenvalue weighted by Gasteiger charge is -2.36. The van der Waals surface area contributed by atoms with Gasteiger partial charge in [0.15, 0.2) is 0 Å². The number of hydrogen-bond donors (Lipinski definition) is 2. The van der Waals surface area contributed by atoms with Gasteiger partial charge in [-0.2, -0.15) is 0 Å². The molecule has 0 aromatic heterocycles. The predicted molar refractivity (Wildman–Crippen MR) is 57.4 cm³/mol. The van der Waals surface area contributed by atoms with Crippen LogP contribution in [0.25, 0.3) is 0 Å². The van der Waals surface area contributed by atoms with Crippen LogP contribution in [0, 0.1) is 11.3 Å². The summed E-state index contributed by atoms with van der Waals surface area (Å²) in [7, 11) is 0. The largest absolute Gasteiger partial charge is 0.329 e. The summed E-state index contributed by atoms with van der Waals surface area (Å²) < 4.78 is 0. The molecule has 0 bridgehead atoms. The Bertz CT molecular complexity index is 154. The highest BCUT2D eigenvalue weighted by atomic mass is 14.7. The van der Waals surface area contributed by atoms with E-state index >= 15 is 0 Å². The first-order valence-electron chi connectivity index (χ1n) is 5.49. The van der Waals surface area contributed by atoms with Crippen LogP contribution in [0.15, 0.2) is 0 Å². The normalized spacial score (nSPS) is 30.0. The van der Waals surface area contributed by atoms with Crippen LogP contribution in [0.4, 0.5) is 0 Å². The van der Waals surface area contributed by atoms with E-state index in [1.165, 1.54) is 25.7 Å². The quantitative estimate of drug-likeness (QED) is 0.703. The van der Waals surface area contributed by atoms with Crippen molar-refractivity contribution >= 4 is 0 Å². The van der Waals surface area contributed by atoms with Crippen LogP contribution < -0.4 is 11.5 Å². The van der Waals surface area contributed by atoms with Crippen molar-refractivity contribution in [3.05, 3.63) is 0 Å². The summed E-state index contributed by atoms with van der Waals surface area (Å²) in [5, 5.41) is 0. The van der Waals surface area contributed by atoms with Crippen molar-refractivity contribution < 1.29 is 0 Å². The summed E-state index contributed by atoms with van der Waals surface area (Å²) in [5.74, 6) is 0.822. The molecule has 2 nitrogen and oxygen atoms in total. The lowest BCUT2D eigenvalue weighted by Crippen LogP contribution is -2.34. The molecule has 1 aliphatic rings. The molecule has 2 heteroatoms. The van der Waals surface area contributed by atoms with E-state index in [0.717, 1.165) is 12.3 Å². The van der Waals surface area contributed by atoms with Crippen LogP contribution in [0.5, 0.6) is 0 Å². The summed E-state index contributed by atoms with van der Waals surface area (Å²) in [6, 6.07) is 0.221. The highest BCUT2D eigenvalue weighted by molar-refractivity contribution is 4.81. The fourth-order valence-electron chi connectivity index (χ4n) is 2.58. The van der Waals surface area contributed by atoms with Gasteiger partial charge in [-0.15, -0.1) is 0 Å². The molecule has 2 atom stereocenters. The Morgan fingerprint density at radius 2 is 2.15 bits per heavy atom. The maximum Gasteiger partial charge on any atom is 0.0165 e. The van der Waals surface area contributed by atoms with Crippen LogP contribution in [0.2, 0.25) is 0 Å². The van der Waals surface area contributed by atoms with E-state index in [1.54, 1.807) is 0 Å². The molecule has 1 fully saturated rings. The maximum atomic E-state index is 5.87. The molecule has 1 saturated carbocycles. The van der Waals surface area contributed by atoms with Crippen molar-refractivity contribution in [2.45, 2.75) is 52.0 Å². The van der Waals surface area contributed by atoms with Crippen LogP contribution in [0.3, 0.4) is 0 Å². The van der Waals surface area contributed by atoms with E-state index in [0.29, 0.717) is 12.0 Å². The van der Waals surface area contributed by atoms with Gasteiger partial charge < -0.3 is 11.5 Å². The lowest BCUT2D eigenvalue weighted by atomic mass is 9.70. The highest BCUT2D eigenvalue weighted by Gasteiger charge is 2.28. The second kappa shape index (κ2) is 4.43. The van der Waals surface area contributed by atoms with E-state index in [9.17, 15) is 0 Å². The number of hydrogen-bond acceptors (Lipinski definition) is 2. The molecule has 0 spiro atoms. The summed E-state index contributed by atoms with van der Waals surface area (Å²) in [5.41, 5.74) is 11.9. The van der Waals surface area contributed by atoms with Gasteiger partial charge in [-0.25, -0.2) is 0 Å². The van der Waals surface area contributed by atoms with E-state index in [4.69, 9.17) is 11.5 Å². The zero-order valence-corrected chi connectivity index (χ0v) is 9.05. The first-order valence-corrected chi connectivity index (χ1v) is 5.49. The Hall–Kier alpha value is -0.0800. The van der Waals surface area contributed by atoms with Crippen molar-refractivity contribution in [1.29, 1.82) is 0 Å². The van der Waals surface area contributed by atoms with Gasteiger partial charge in [-0.3, -0.25) is 0 Å². The molecule has 1 aliphatic carbocycles. The van der Waals surface area contributed by atoms with Gasteiger partial charge >= 0.3 is 0 Å². The molecule has 0 aromatic carbocycles. The van der Waals surface area contributed by atoms with Gasteiger partial charge in [0.05, 0.1) is 0 Å². The Morgan fingerprint density at radius 3 is 2.69 bits per heavy atom. The van der Waals surface area contributed by atoms with Crippen LogP contribution in [0.1, 0.15) is 46.0 Å². The first-order chi connectivity index (χ1) is 6.03. The molecule has 1 rings (SSSR count). The monoisotopic (exact) mass is 184 g/mol. The Morgan fingerprint density at radius 1 is 1.46 bits per heavy atom. The van der Waals surface area contributed by atoms with E-state index in [2.05, 4.69) is 13.8 Å². The van der Waals surface area contributed by atoms with Crippen molar-refractivity contribution in [2.24, 2.45) is 22.8 Å². The molecule has 78 valence electrons. The minimum atomic E-state index is 0.221. The van der Waals surface area contributed by atoms with Crippen molar-refractivity contribution in [3.8, 4) is 0 Å². The average Bonchev–Trinajstić information content (AvgIpc) is 2.02. The standard InChI is InChI=1S/C11H24N2/c1-11(2)5-3-4-9(7-11)6-10(13)8-12/h9-10H,3-8,12-13H2,1-2H3. The smallest absolute Gasteiger partial charge is 0.0165 e. The number of rotatable bonds is 3. The molecular weight excluding hydrogens is 160 g/mol. The molecule has 13 heavy (non-hydrogen) atoms. The topological polar surface area (TPSA) is 52.0 Å². The van der Waals surface area contributed by atoms with E-state index < -0.39 is 0 Å². The molecule has 0 aromatic rings. The summed E-state index contributed by atoms with van der Waals surface area (Å²) >= 11 is 0. The lowest BCUT2D eigenvalue weighted by molar-refractivity contribution is 0.168. The molecule has 4 N–H and O–H groups in total. The fraction of sp³-hybridized carbons (Fsp3) is 1.00. The van der Waals surface area contributed by atoms with Gasteiger partial charge in [0.2, 0.25) is 0 Å². The van der Waals surface area contributed by atoms with Gasteiger partial charge in [-0.1, -0.05) is 26.7 Å². The van der Waals surface area contributed by atoms with Crippen molar-refractivity contribution in [3.63, 3.8) is 0 Å². The summed E-state index contributed by atoms with van der Waals surface area (Å²) in [6.07, 6.45) is 6.56. The predicted octanol–water partition coefficient (Wildman–Crippen LogP) is 1.88. The third-order valence-corrected chi connectivity index (χ3v) is 3.25. The maximum absolute atomic E-state index is 5.87. The van der Waals surface area contributed by atoms with Crippen LogP contribution in [-0.4, -0.2) is 12.6 Å². The van der Waals surface area contributed by atoms with Gasteiger partial charge in [-0.05, 0) is 30.6 Å². The van der Waals surface area contributed by atoms with Gasteiger partial charge in [0.25, 0.3) is 0 Å². The first kappa shape index (κ1) is 11.0. The molecular formula is C11H24N2. The molecule has 0 radical (unpaired) electrons. The van der Waals surface area contributed by atoms with Crippen molar-refractivity contribution in [2.75, 3.05) is 6.54 Å². The Labute approximate surface area is 82.1 Å². The zero-order chi connectivity index (χ0) is 9.90. The Balaban J connectivity index is 2.34. The number of nitrogens with two attached hydrogens (primary N) is 2. The second-order valence-electron chi connectivity index (χ2n) is 5.36. The molecule has 0 amide bonds. The average molecular weight is 184 g/mol. The summed E-state index contributed by atoms with van der Waals surface area (Å²) in [6.45, 7) is 5.37.